The van der Waals surface area contributed by atoms with Crippen molar-refractivity contribution >= 4 is 43.1 Å². The third kappa shape index (κ3) is 6.44. The van der Waals surface area contributed by atoms with Gasteiger partial charge in [0, 0.05) is 61.2 Å². The van der Waals surface area contributed by atoms with Gasteiger partial charge in [-0.15, -0.1) is 37.2 Å². The second-order valence-corrected chi connectivity index (χ2v) is 9.54. The summed E-state index contributed by atoms with van der Waals surface area (Å²) in [7, 11) is 2.11. The molecule has 5 rings (SSSR count). The van der Waals surface area contributed by atoms with Crippen molar-refractivity contribution in [3.8, 4) is 11.1 Å². The van der Waals surface area contributed by atoms with E-state index in [2.05, 4.69) is 41.1 Å². The Hall–Kier alpha value is -1.37. The average Bonchev–Trinajstić information content (AvgIpc) is 2.79. The van der Waals surface area contributed by atoms with E-state index in [1.54, 1.807) is 0 Å². The molecule has 2 saturated heterocycles. The lowest BCUT2D eigenvalue weighted by Crippen LogP contribution is -2.47. The van der Waals surface area contributed by atoms with E-state index in [1.165, 1.54) is 50.9 Å². The number of likely N-dealkylation sites (N-methyl/N-ethyl adjacent to an activating group) is 1. The average molecular weight is 528 g/mol. The Balaban J connectivity index is 0.00000136. The fourth-order valence-corrected chi connectivity index (χ4v) is 5.13. The van der Waals surface area contributed by atoms with E-state index >= 15 is 0 Å². The zero-order chi connectivity index (χ0) is 21.2. The first kappa shape index (κ1) is 28.9. The van der Waals surface area contributed by atoms with Gasteiger partial charge in [0.25, 0.3) is 5.91 Å². The summed E-state index contributed by atoms with van der Waals surface area (Å²) in [6.45, 7) is 5.95. The van der Waals surface area contributed by atoms with Crippen LogP contribution in [0.15, 0.2) is 42.6 Å². The number of nitrogens with zero attached hydrogens (tertiary/aromatic N) is 4. The minimum atomic E-state index is 0. The first-order valence-corrected chi connectivity index (χ1v) is 12.0. The van der Waals surface area contributed by atoms with Gasteiger partial charge in [0.2, 0.25) is 0 Å². The van der Waals surface area contributed by atoms with Gasteiger partial charge < -0.3 is 14.7 Å². The van der Waals surface area contributed by atoms with Crippen molar-refractivity contribution < 1.29 is 4.79 Å². The molecule has 2 aromatic rings. The normalized spacial score (nSPS) is 19.9. The number of piperidine rings is 1. The molecule has 2 aliphatic heterocycles. The van der Waals surface area contributed by atoms with Crippen LogP contribution in [0.25, 0.3) is 11.1 Å². The topological polar surface area (TPSA) is 39.7 Å². The van der Waals surface area contributed by atoms with E-state index in [0.717, 1.165) is 48.9 Å². The van der Waals surface area contributed by atoms with Gasteiger partial charge in [0.05, 0.1) is 0 Å². The largest absolute Gasteiger partial charge is 0.336 e. The monoisotopic (exact) mass is 526 g/mol. The van der Waals surface area contributed by atoms with Gasteiger partial charge in [-0.05, 0) is 69.6 Å². The molecule has 3 fully saturated rings. The van der Waals surface area contributed by atoms with Gasteiger partial charge in [0.1, 0.15) is 0 Å². The maximum atomic E-state index is 12.8. The molecule has 1 saturated carbocycles. The third-order valence-corrected chi connectivity index (χ3v) is 7.58. The van der Waals surface area contributed by atoms with E-state index in [1.807, 2.05) is 23.2 Å². The number of aromatic nitrogens is 1. The van der Waals surface area contributed by atoms with E-state index in [4.69, 9.17) is 4.98 Å². The molecular formula is C26H37Cl3N4O. The van der Waals surface area contributed by atoms with Crippen molar-refractivity contribution in [3.05, 3.63) is 53.9 Å². The van der Waals surface area contributed by atoms with Crippen LogP contribution in [-0.4, -0.2) is 77.9 Å². The predicted molar refractivity (Wildman–Crippen MR) is 146 cm³/mol. The Bertz CT molecular complexity index is 889. The molecule has 1 aliphatic carbocycles. The fraction of sp³-hybridized carbons (Fsp3) is 0.538. The highest BCUT2D eigenvalue weighted by Gasteiger charge is 2.29. The Morgan fingerprint density at radius 1 is 0.794 bits per heavy atom. The van der Waals surface area contributed by atoms with Gasteiger partial charge in [-0.25, -0.2) is 0 Å². The van der Waals surface area contributed by atoms with Crippen molar-refractivity contribution in [1.29, 1.82) is 0 Å². The zero-order valence-electron chi connectivity index (χ0n) is 19.9. The molecule has 3 aliphatic rings. The van der Waals surface area contributed by atoms with Gasteiger partial charge in [0.15, 0.2) is 0 Å². The summed E-state index contributed by atoms with van der Waals surface area (Å²) in [5.74, 6) is 0.732. The number of carbonyl (C=O) groups is 1. The molecule has 188 valence electrons. The quantitative estimate of drug-likeness (QED) is 0.552. The highest BCUT2D eigenvalue weighted by Crippen LogP contribution is 2.33. The molecule has 0 bridgehead atoms. The SMILES string of the molecule is CN1CCN(C(=O)c2ccc(-c3ccc(C4CCN(C5CCC5)CC4)nc3)cc2)CC1.Cl.Cl.Cl. The first-order chi connectivity index (χ1) is 15.2. The highest BCUT2D eigenvalue weighted by atomic mass is 35.5. The summed E-state index contributed by atoms with van der Waals surface area (Å²) < 4.78 is 0. The molecule has 3 heterocycles. The molecule has 8 heteroatoms. The number of rotatable bonds is 4. The number of piperazine rings is 1. The van der Waals surface area contributed by atoms with Crippen LogP contribution in [-0.2, 0) is 0 Å². The minimum Gasteiger partial charge on any atom is -0.336 e. The lowest BCUT2D eigenvalue weighted by Gasteiger charge is -2.41. The second-order valence-electron chi connectivity index (χ2n) is 9.54. The molecule has 34 heavy (non-hydrogen) atoms. The molecule has 0 N–H and O–H groups in total. The van der Waals surface area contributed by atoms with Gasteiger partial charge in [-0.2, -0.15) is 0 Å². The second kappa shape index (κ2) is 13.1. The van der Waals surface area contributed by atoms with Crippen LogP contribution in [0.5, 0.6) is 0 Å². The number of amides is 1. The van der Waals surface area contributed by atoms with E-state index in [0.29, 0.717) is 5.92 Å². The summed E-state index contributed by atoms with van der Waals surface area (Å²) in [5.41, 5.74) is 4.25. The predicted octanol–water partition coefficient (Wildman–Crippen LogP) is 5.13. The molecule has 5 nitrogen and oxygen atoms in total. The molecule has 0 atom stereocenters. The standard InChI is InChI=1S/C26H34N4O.3ClH/c1-28-15-17-30(18-16-28)26(31)22-7-5-20(6-8-22)23-9-10-25(27-19-23)21-11-13-29(14-12-21)24-3-2-4-24;;;/h5-10,19,21,24H,2-4,11-18H2,1H3;3*1H. The maximum Gasteiger partial charge on any atom is 0.253 e. The van der Waals surface area contributed by atoms with E-state index < -0.39 is 0 Å². The van der Waals surface area contributed by atoms with Crippen LogP contribution < -0.4 is 0 Å². The van der Waals surface area contributed by atoms with Crippen LogP contribution in [0.1, 0.15) is 54.1 Å². The van der Waals surface area contributed by atoms with Crippen molar-refractivity contribution in [2.24, 2.45) is 0 Å². The van der Waals surface area contributed by atoms with Gasteiger partial charge in [-0.3, -0.25) is 9.78 Å². The molecule has 1 amide bonds. The number of benzene rings is 1. The Labute approximate surface area is 222 Å². The summed E-state index contributed by atoms with van der Waals surface area (Å²) >= 11 is 0. The summed E-state index contributed by atoms with van der Waals surface area (Å²) in [4.78, 5) is 24.5. The minimum absolute atomic E-state index is 0. The summed E-state index contributed by atoms with van der Waals surface area (Å²) in [6, 6.07) is 13.3. The van der Waals surface area contributed by atoms with Crippen molar-refractivity contribution in [2.75, 3.05) is 46.3 Å². The molecule has 0 radical (unpaired) electrons. The molecule has 1 aromatic heterocycles. The van der Waals surface area contributed by atoms with Crippen LogP contribution in [0.4, 0.5) is 0 Å². The van der Waals surface area contributed by atoms with Crippen LogP contribution in [0.3, 0.4) is 0 Å². The fourth-order valence-electron chi connectivity index (χ4n) is 5.13. The Morgan fingerprint density at radius 2 is 1.41 bits per heavy atom. The number of hydrogen-bond donors (Lipinski definition) is 0. The number of pyridine rings is 1. The molecule has 0 unspecified atom stereocenters. The van der Waals surface area contributed by atoms with Gasteiger partial charge >= 0.3 is 0 Å². The van der Waals surface area contributed by atoms with E-state index in [9.17, 15) is 4.79 Å². The van der Waals surface area contributed by atoms with Crippen molar-refractivity contribution in [2.45, 2.75) is 44.1 Å². The zero-order valence-corrected chi connectivity index (χ0v) is 22.3. The summed E-state index contributed by atoms with van der Waals surface area (Å²) in [5, 5.41) is 0. The molecule has 1 aromatic carbocycles. The Morgan fingerprint density at radius 3 is 1.94 bits per heavy atom. The third-order valence-electron chi connectivity index (χ3n) is 7.58. The lowest BCUT2D eigenvalue weighted by atomic mass is 9.86. The first-order valence-electron chi connectivity index (χ1n) is 12.0. The van der Waals surface area contributed by atoms with Crippen molar-refractivity contribution in [1.82, 2.24) is 19.7 Å². The maximum absolute atomic E-state index is 12.8. The van der Waals surface area contributed by atoms with Crippen molar-refractivity contribution in [3.63, 3.8) is 0 Å². The number of carbonyl (C=O) groups excluding carboxylic acids is 1. The van der Waals surface area contributed by atoms with E-state index in [-0.39, 0.29) is 43.1 Å². The number of likely N-dealkylation sites (tertiary alicyclic amines) is 1. The number of hydrogen-bond acceptors (Lipinski definition) is 4. The van der Waals surface area contributed by atoms with Crippen LogP contribution in [0, 0.1) is 0 Å². The smallest absolute Gasteiger partial charge is 0.253 e. The Kier molecular flexibility index (Phi) is 11.1. The summed E-state index contributed by atoms with van der Waals surface area (Å²) in [6.07, 6.45) is 8.68. The van der Waals surface area contributed by atoms with Crippen LogP contribution in [0.2, 0.25) is 0 Å². The van der Waals surface area contributed by atoms with Crippen LogP contribution >= 0.6 is 37.2 Å². The van der Waals surface area contributed by atoms with Gasteiger partial charge in [-0.1, -0.05) is 24.6 Å². The lowest BCUT2D eigenvalue weighted by molar-refractivity contribution is 0.0664. The molecular weight excluding hydrogens is 491 g/mol. The highest BCUT2D eigenvalue weighted by molar-refractivity contribution is 5.94. The molecule has 0 spiro atoms. The number of halogens is 3.